The van der Waals surface area contributed by atoms with Crippen molar-refractivity contribution in [1.29, 1.82) is 0 Å². The summed E-state index contributed by atoms with van der Waals surface area (Å²) in [5, 5.41) is 14.6. The fraction of sp³-hybridized carbons (Fsp3) is 0.182. The first-order chi connectivity index (χ1) is 9.10. The average Bonchev–Trinajstić information content (AvgIpc) is 2.94. The highest BCUT2D eigenvalue weighted by atomic mass is 79.9. The van der Waals surface area contributed by atoms with Crippen molar-refractivity contribution < 1.29 is 0 Å². The second-order valence-electron chi connectivity index (χ2n) is 3.83. The van der Waals surface area contributed by atoms with Crippen molar-refractivity contribution in [3.63, 3.8) is 0 Å². The second kappa shape index (κ2) is 5.01. The van der Waals surface area contributed by atoms with Crippen LogP contribution in [0.25, 0.3) is 15.5 Å². The van der Waals surface area contributed by atoms with Crippen molar-refractivity contribution in [2.24, 2.45) is 0 Å². The van der Waals surface area contributed by atoms with Gasteiger partial charge in [-0.3, -0.25) is 0 Å². The van der Waals surface area contributed by atoms with Crippen molar-refractivity contribution in [2.75, 3.05) is 0 Å². The maximum absolute atomic E-state index is 6.11. The Hall–Kier alpha value is -0.690. The summed E-state index contributed by atoms with van der Waals surface area (Å²) in [5.41, 5.74) is 0.871. The van der Waals surface area contributed by atoms with E-state index in [0.717, 1.165) is 27.8 Å². The summed E-state index contributed by atoms with van der Waals surface area (Å²) in [6.07, 6.45) is 0.784. The van der Waals surface area contributed by atoms with Gasteiger partial charge in [0.25, 0.3) is 0 Å². The lowest BCUT2D eigenvalue weighted by Crippen LogP contribution is -1.93. The van der Waals surface area contributed by atoms with Crippen LogP contribution in [-0.4, -0.2) is 19.8 Å². The number of aryl methyl sites for hydroxylation is 1. The number of nitrogens with zero attached hydrogens (tertiary/aromatic N) is 4. The minimum Gasteiger partial charge on any atom is -0.187 e. The van der Waals surface area contributed by atoms with Gasteiger partial charge in [-0.25, -0.2) is 0 Å². The highest BCUT2D eigenvalue weighted by molar-refractivity contribution is 9.10. The fourth-order valence-electron chi connectivity index (χ4n) is 1.67. The Bertz CT molecular complexity index is 744. The minimum absolute atomic E-state index is 0.559. The summed E-state index contributed by atoms with van der Waals surface area (Å²) in [6, 6.07) is 3.66. The topological polar surface area (TPSA) is 43.1 Å². The molecule has 98 valence electrons. The van der Waals surface area contributed by atoms with Crippen LogP contribution in [0.1, 0.15) is 12.7 Å². The Labute approximate surface area is 131 Å². The monoisotopic (exact) mass is 376 g/mol. The first-order valence-corrected chi connectivity index (χ1v) is 7.82. The molecule has 0 N–H and O–H groups in total. The molecule has 2 heterocycles. The van der Waals surface area contributed by atoms with Crippen molar-refractivity contribution in [2.45, 2.75) is 13.3 Å². The number of halogens is 3. The maximum atomic E-state index is 6.11. The van der Waals surface area contributed by atoms with Gasteiger partial charge in [0.15, 0.2) is 5.82 Å². The van der Waals surface area contributed by atoms with E-state index in [1.807, 2.05) is 19.1 Å². The third kappa shape index (κ3) is 2.27. The number of benzene rings is 1. The predicted molar refractivity (Wildman–Crippen MR) is 81.2 cm³/mol. The van der Waals surface area contributed by atoms with Gasteiger partial charge in [-0.15, -0.1) is 10.2 Å². The molecule has 0 spiro atoms. The van der Waals surface area contributed by atoms with Crippen LogP contribution in [0.15, 0.2) is 16.6 Å². The van der Waals surface area contributed by atoms with Crippen LogP contribution in [0, 0.1) is 0 Å². The number of hydrogen-bond acceptors (Lipinski definition) is 4. The van der Waals surface area contributed by atoms with Crippen molar-refractivity contribution in [3.8, 4) is 10.6 Å². The van der Waals surface area contributed by atoms with Gasteiger partial charge >= 0.3 is 0 Å². The van der Waals surface area contributed by atoms with E-state index in [1.54, 1.807) is 4.52 Å². The molecule has 0 saturated carbocycles. The zero-order chi connectivity index (χ0) is 13.6. The Balaban J connectivity index is 2.16. The highest BCUT2D eigenvalue weighted by Gasteiger charge is 2.14. The van der Waals surface area contributed by atoms with Gasteiger partial charge in [0.1, 0.15) is 5.01 Å². The highest BCUT2D eigenvalue weighted by Crippen LogP contribution is 2.36. The van der Waals surface area contributed by atoms with Gasteiger partial charge in [0.2, 0.25) is 4.96 Å². The van der Waals surface area contributed by atoms with Crippen LogP contribution in [0.3, 0.4) is 0 Å². The molecule has 3 aromatic rings. The summed E-state index contributed by atoms with van der Waals surface area (Å²) < 4.78 is 2.45. The smallest absolute Gasteiger partial charge is 0.187 e. The predicted octanol–water partition coefficient (Wildman–Crippen LogP) is 4.48. The molecule has 19 heavy (non-hydrogen) atoms. The molecule has 0 saturated heterocycles. The van der Waals surface area contributed by atoms with E-state index in [-0.39, 0.29) is 0 Å². The molecule has 0 aliphatic rings. The van der Waals surface area contributed by atoms with E-state index in [0.29, 0.717) is 14.5 Å². The minimum atomic E-state index is 0.559. The Morgan fingerprint density at radius 1 is 1.26 bits per heavy atom. The molecule has 0 aliphatic heterocycles. The van der Waals surface area contributed by atoms with Crippen LogP contribution < -0.4 is 0 Å². The lowest BCUT2D eigenvalue weighted by molar-refractivity contribution is 0.838. The molecule has 0 unspecified atom stereocenters. The summed E-state index contributed by atoms with van der Waals surface area (Å²) in [5.74, 6) is 0.840. The third-order valence-electron chi connectivity index (χ3n) is 2.60. The molecule has 4 nitrogen and oxygen atoms in total. The maximum Gasteiger partial charge on any atom is 0.234 e. The van der Waals surface area contributed by atoms with E-state index in [4.69, 9.17) is 23.2 Å². The molecule has 3 rings (SSSR count). The molecule has 0 aliphatic carbocycles. The molecule has 0 atom stereocenters. The van der Waals surface area contributed by atoms with Gasteiger partial charge in [0, 0.05) is 12.0 Å². The van der Waals surface area contributed by atoms with Crippen molar-refractivity contribution in [1.82, 2.24) is 19.8 Å². The zero-order valence-electron chi connectivity index (χ0n) is 9.69. The quantitative estimate of drug-likeness (QED) is 0.618. The summed E-state index contributed by atoms with van der Waals surface area (Å²) in [6.45, 7) is 2.02. The largest absolute Gasteiger partial charge is 0.234 e. The molecular weight excluding hydrogens is 371 g/mol. The summed E-state index contributed by atoms with van der Waals surface area (Å²) in [4.78, 5) is 0.766. The lowest BCUT2D eigenvalue weighted by Gasteiger charge is -2.02. The van der Waals surface area contributed by atoms with Gasteiger partial charge < -0.3 is 0 Å². The standard InChI is InChI=1S/C11H7BrCl2N4S/c1-2-8-15-16-11-18(8)17-10(19-11)5-3-6(13)9(12)7(14)4-5/h3-4H,2H2,1H3. The van der Waals surface area contributed by atoms with Crippen LogP contribution in [0.4, 0.5) is 0 Å². The molecular formula is C11H7BrCl2N4S. The lowest BCUT2D eigenvalue weighted by atomic mass is 10.2. The molecule has 0 radical (unpaired) electrons. The summed E-state index contributed by atoms with van der Waals surface area (Å²) >= 11 is 17.0. The number of hydrogen-bond donors (Lipinski definition) is 0. The van der Waals surface area contributed by atoms with E-state index in [9.17, 15) is 0 Å². The van der Waals surface area contributed by atoms with Crippen molar-refractivity contribution in [3.05, 3.63) is 32.5 Å². The molecule has 8 heteroatoms. The number of rotatable bonds is 2. The Kier molecular flexibility index (Phi) is 3.51. The van der Waals surface area contributed by atoms with Gasteiger partial charge in [-0.2, -0.15) is 9.61 Å². The first-order valence-electron chi connectivity index (χ1n) is 5.46. The SMILES string of the molecule is CCc1nnc2sc(-c3cc(Cl)c(Br)c(Cl)c3)nn12. The Morgan fingerprint density at radius 2 is 1.95 bits per heavy atom. The van der Waals surface area contributed by atoms with Crippen LogP contribution in [-0.2, 0) is 6.42 Å². The van der Waals surface area contributed by atoms with E-state index < -0.39 is 0 Å². The molecule has 0 fully saturated rings. The van der Waals surface area contributed by atoms with E-state index in [2.05, 4.69) is 31.2 Å². The molecule has 1 aromatic carbocycles. The molecule has 0 amide bonds. The number of aromatic nitrogens is 4. The third-order valence-corrected chi connectivity index (χ3v) is 5.46. The van der Waals surface area contributed by atoms with Gasteiger partial charge in [-0.1, -0.05) is 41.5 Å². The molecule has 2 aromatic heterocycles. The number of fused-ring (bicyclic) bond motifs is 1. The van der Waals surface area contributed by atoms with Crippen LogP contribution in [0.2, 0.25) is 10.0 Å². The fourth-order valence-corrected chi connectivity index (χ4v) is 3.24. The normalized spacial score (nSPS) is 11.4. The summed E-state index contributed by atoms with van der Waals surface area (Å²) in [7, 11) is 0. The first kappa shape index (κ1) is 13.3. The van der Waals surface area contributed by atoms with Crippen molar-refractivity contribution >= 4 is 55.4 Å². The van der Waals surface area contributed by atoms with E-state index >= 15 is 0 Å². The average molecular weight is 378 g/mol. The Morgan fingerprint density at radius 3 is 2.58 bits per heavy atom. The van der Waals surface area contributed by atoms with E-state index in [1.165, 1.54) is 11.3 Å². The van der Waals surface area contributed by atoms with Gasteiger partial charge in [-0.05, 0) is 28.1 Å². The van der Waals surface area contributed by atoms with Crippen LogP contribution >= 0.6 is 50.5 Å². The molecule has 0 bridgehead atoms. The zero-order valence-corrected chi connectivity index (χ0v) is 13.6. The van der Waals surface area contributed by atoms with Gasteiger partial charge in [0.05, 0.1) is 14.5 Å². The second-order valence-corrected chi connectivity index (χ2v) is 6.39. The van der Waals surface area contributed by atoms with Crippen LogP contribution in [0.5, 0.6) is 0 Å².